The van der Waals surface area contributed by atoms with Crippen molar-refractivity contribution in [2.24, 2.45) is 5.73 Å². The number of aryl methyl sites for hydroxylation is 1. The maximum Gasteiger partial charge on any atom is 0.299 e. The van der Waals surface area contributed by atoms with Gasteiger partial charge >= 0.3 is 0 Å². The Morgan fingerprint density at radius 3 is 2.85 bits per heavy atom. The van der Waals surface area contributed by atoms with Crippen LogP contribution in [0, 0.1) is 0 Å². The molecule has 0 unspecified atom stereocenters. The Kier molecular flexibility index (Phi) is 6.39. The monoisotopic (exact) mass is 331 g/mol. The van der Waals surface area contributed by atoms with E-state index in [2.05, 4.69) is 4.98 Å². The van der Waals surface area contributed by atoms with Crippen LogP contribution in [0.1, 0.15) is 5.56 Å². The topological polar surface area (TPSA) is 73.7 Å². The highest BCUT2D eigenvalue weighted by Gasteiger charge is 2.07. The van der Waals surface area contributed by atoms with Gasteiger partial charge in [-0.25, -0.2) is 4.98 Å². The molecule has 4 N–H and O–H groups in total. The summed E-state index contributed by atoms with van der Waals surface area (Å²) in [6.45, 7) is 0. The minimum Gasteiger partial charge on any atom is -1.00 e. The molecule has 0 amide bonds. The first-order valence-corrected chi connectivity index (χ1v) is 7.10. The van der Waals surface area contributed by atoms with Gasteiger partial charge in [-0.3, -0.25) is 11.1 Å². The molecule has 0 bridgehead atoms. The van der Waals surface area contributed by atoms with E-state index in [4.69, 9.17) is 27.5 Å². The number of halogens is 2. The zero-order chi connectivity index (χ0) is 13.8. The number of rotatable bonds is 4. The largest absolute Gasteiger partial charge is 1.00 e. The van der Waals surface area contributed by atoms with Gasteiger partial charge in [0.05, 0.1) is 12.6 Å². The molecular weight excluding hydrogens is 317 g/mol. The summed E-state index contributed by atoms with van der Waals surface area (Å²) in [5.41, 5.74) is 7.23. The normalized spacial score (nSPS) is 10.1. The van der Waals surface area contributed by atoms with Crippen molar-refractivity contribution in [3.05, 3.63) is 35.0 Å². The third-order valence-corrected chi connectivity index (χ3v) is 3.76. The van der Waals surface area contributed by atoms with E-state index in [-0.39, 0.29) is 12.4 Å². The van der Waals surface area contributed by atoms with Crippen LogP contribution in [0.2, 0.25) is 5.15 Å². The molecule has 4 nitrogen and oxygen atoms in total. The summed E-state index contributed by atoms with van der Waals surface area (Å²) in [7, 11) is 1.63. The first kappa shape index (κ1) is 16.9. The molecule has 20 heavy (non-hydrogen) atoms. The van der Waals surface area contributed by atoms with E-state index in [0.717, 1.165) is 34.4 Å². The third-order valence-electron chi connectivity index (χ3n) is 2.69. The minimum absolute atomic E-state index is 0. The Hall–Kier alpha value is -1.17. The molecule has 0 spiro atoms. The van der Waals surface area contributed by atoms with Crippen molar-refractivity contribution in [2.45, 2.75) is 6.42 Å². The van der Waals surface area contributed by atoms with Crippen LogP contribution in [0.5, 0.6) is 5.75 Å². The lowest BCUT2D eigenvalue weighted by molar-refractivity contribution is -0.110. The van der Waals surface area contributed by atoms with Crippen LogP contribution in [0.4, 0.5) is 0 Å². The van der Waals surface area contributed by atoms with Crippen molar-refractivity contribution in [1.82, 2.24) is 4.98 Å². The van der Waals surface area contributed by atoms with Crippen LogP contribution in [-0.4, -0.2) is 23.0 Å². The van der Waals surface area contributed by atoms with Crippen molar-refractivity contribution < 1.29 is 22.6 Å². The number of nitrogens with two attached hydrogens (primary N) is 2. The molecular formula is C13H15Cl2N3OS. The summed E-state index contributed by atoms with van der Waals surface area (Å²) in [5.74, 6) is 1.55. The van der Waals surface area contributed by atoms with Gasteiger partial charge in [-0.15, -0.1) is 0 Å². The molecule has 2 aromatic rings. The second kappa shape index (κ2) is 7.57. The molecule has 1 aromatic heterocycles. The average Bonchev–Trinajstić information content (AvgIpc) is 2.38. The Morgan fingerprint density at radius 2 is 2.20 bits per heavy atom. The summed E-state index contributed by atoms with van der Waals surface area (Å²) in [6.07, 6.45) is 0.774. The Balaban J connectivity index is 0.00000200. The quantitative estimate of drug-likeness (QED) is 0.396. The Morgan fingerprint density at radius 1 is 1.45 bits per heavy atom. The number of pyridine rings is 1. The molecule has 108 valence electrons. The van der Waals surface area contributed by atoms with Crippen LogP contribution in [0.15, 0.2) is 24.3 Å². The Bertz CT molecular complexity index is 622. The van der Waals surface area contributed by atoms with E-state index >= 15 is 0 Å². The highest BCUT2D eigenvalue weighted by atomic mass is 35.5. The van der Waals surface area contributed by atoms with Gasteiger partial charge in [-0.2, -0.15) is 0 Å². The molecule has 0 fully saturated rings. The fraction of sp³-hybridized carbons (Fsp3) is 0.231. The van der Waals surface area contributed by atoms with E-state index in [1.54, 1.807) is 7.11 Å². The van der Waals surface area contributed by atoms with Crippen LogP contribution < -0.4 is 28.3 Å². The lowest BCUT2D eigenvalue weighted by Gasteiger charge is -2.06. The van der Waals surface area contributed by atoms with Gasteiger partial charge in [-0.1, -0.05) is 11.6 Å². The first-order chi connectivity index (χ1) is 9.10. The summed E-state index contributed by atoms with van der Waals surface area (Å²) in [5, 5.41) is 7.33. The zero-order valence-electron chi connectivity index (χ0n) is 10.9. The van der Waals surface area contributed by atoms with Gasteiger partial charge in [0.15, 0.2) is 0 Å². The number of thioether (sulfide) groups is 1. The molecule has 0 saturated heterocycles. The molecule has 0 aliphatic rings. The van der Waals surface area contributed by atoms with E-state index in [1.165, 1.54) is 11.8 Å². The van der Waals surface area contributed by atoms with Crippen LogP contribution in [-0.2, 0) is 6.42 Å². The van der Waals surface area contributed by atoms with Crippen molar-refractivity contribution in [2.75, 3.05) is 12.9 Å². The molecule has 0 aliphatic heterocycles. The molecule has 0 radical (unpaired) electrons. The second-order valence-electron chi connectivity index (χ2n) is 4.00. The summed E-state index contributed by atoms with van der Waals surface area (Å²) in [6, 6.07) is 7.78. The molecule has 1 heterocycles. The molecule has 0 atom stereocenters. The fourth-order valence-corrected chi connectivity index (χ4v) is 2.55. The Labute approximate surface area is 133 Å². The fourth-order valence-electron chi connectivity index (χ4n) is 1.75. The number of hydrogen-bond donors (Lipinski definition) is 2. The summed E-state index contributed by atoms with van der Waals surface area (Å²) >= 11 is 7.60. The number of fused-ring (bicyclic) bond motifs is 1. The van der Waals surface area contributed by atoms with E-state index in [1.807, 2.05) is 24.3 Å². The van der Waals surface area contributed by atoms with Gasteiger partial charge in [0.25, 0.3) is 5.17 Å². The SMILES string of the molecule is COc1ccc2cc(CCSC(N)=[NH2+])c(Cl)nc2c1.[Cl-]. The molecule has 2 rings (SSSR count). The number of ether oxygens (including phenoxy) is 1. The predicted molar refractivity (Wildman–Crippen MR) is 80.6 cm³/mol. The molecule has 0 saturated carbocycles. The predicted octanol–water partition coefficient (Wildman–Crippen LogP) is -1.75. The second-order valence-corrected chi connectivity index (χ2v) is 5.52. The maximum atomic E-state index is 6.18. The van der Waals surface area contributed by atoms with Gasteiger partial charge in [0.2, 0.25) is 0 Å². The number of hydrogen-bond acceptors (Lipinski definition) is 3. The number of benzene rings is 1. The van der Waals surface area contributed by atoms with Crippen LogP contribution in [0.3, 0.4) is 0 Å². The zero-order valence-corrected chi connectivity index (χ0v) is 13.2. The maximum absolute atomic E-state index is 6.18. The van der Waals surface area contributed by atoms with Crippen LogP contribution >= 0.6 is 23.4 Å². The highest BCUT2D eigenvalue weighted by Crippen LogP contribution is 2.25. The van der Waals surface area contributed by atoms with Crippen molar-refractivity contribution in [3.63, 3.8) is 0 Å². The molecule has 1 aromatic carbocycles. The molecule has 7 heteroatoms. The first-order valence-electron chi connectivity index (χ1n) is 5.74. The minimum atomic E-state index is 0. The number of methoxy groups -OCH3 is 1. The summed E-state index contributed by atoms with van der Waals surface area (Å²) in [4.78, 5) is 4.39. The van der Waals surface area contributed by atoms with Gasteiger partial charge in [-0.05, 0) is 41.9 Å². The van der Waals surface area contributed by atoms with E-state index in [0.29, 0.717) is 10.3 Å². The average molecular weight is 332 g/mol. The van der Waals surface area contributed by atoms with Gasteiger partial charge in [0.1, 0.15) is 10.9 Å². The number of aromatic nitrogens is 1. The van der Waals surface area contributed by atoms with Crippen LogP contribution in [0.25, 0.3) is 10.9 Å². The summed E-state index contributed by atoms with van der Waals surface area (Å²) < 4.78 is 5.17. The third kappa shape index (κ3) is 4.16. The van der Waals surface area contributed by atoms with E-state index < -0.39 is 0 Å². The van der Waals surface area contributed by atoms with Crippen molar-refractivity contribution >= 4 is 39.4 Å². The highest BCUT2D eigenvalue weighted by molar-refractivity contribution is 8.13. The number of nitrogens with zero attached hydrogens (tertiary/aromatic N) is 1. The standard InChI is InChI=1S/C13H14ClN3OS.ClH/c1-18-10-3-2-8-6-9(4-5-19-13(15)16)12(14)17-11(8)7-10;/h2-3,6-7H,4-5H2,1H3,(H3,15,16);1H. The smallest absolute Gasteiger partial charge is 0.299 e. The molecule has 0 aliphatic carbocycles. The lowest BCUT2D eigenvalue weighted by atomic mass is 10.1. The van der Waals surface area contributed by atoms with Crippen molar-refractivity contribution in [3.8, 4) is 5.75 Å². The van der Waals surface area contributed by atoms with Gasteiger partial charge in [0, 0.05) is 17.2 Å². The van der Waals surface area contributed by atoms with Crippen molar-refractivity contribution in [1.29, 1.82) is 0 Å². The van der Waals surface area contributed by atoms with Gasteiger partial charge < -0.3 is 17.1 Å². The lowest BCUT2D eigenvalue weighted by Crippen LogP contribution is -3.00. The number of amidine groups is 1. The van der Waals surface area contributed by atoms with E-state index in [9.17, 15) is 0 Å².